The zero-order chi connectivity index (χ0) is 12.3. The molecule has 0 radical (unpaired) electrons. The summed E-state index contributed by atoms with van der Waals surface area (Å²) in [6, 6.07) is 3.18. The highest BCUT2D eigenvalue weighted by atomic mass is 16.5. The highest BCUT2D eigenvalue weighted by Crippen LogP contribution is 2.27. The van der Waals surface area contributed by atoms with E-state index in [2.05, 4.69) is 15.0 Å². The van der Waals surface area contributed by atoms with Gasteiger partial charge in [-0.05, 0) is 25.0 Å². The number of ether oxygens (including phenoxy) is 1. The number of amides is 1. The minimum absolute atomic E-state index is 0.00886. The van der Waals surface area contributed by atoms with Gasteiger partial charge in [0.25, 0.3) is 0 Å². The lowest BCUT2D eigenvalue weighted by Crippen LogP contribution is -2.28. The van der Waals surface area contributed by atoms with Gasteiger partial charge in [-0.2, -0.15) is 0 Å². The lowest BCUT2D eigenvalue weighted by atomic mass is 9.85. The Morgan fingerprint density at radius 2 is 2.18 bits per heavy atom. The molecule has 0 aliphatic heterocycles. The molecule has 1 amide bonds. The molecule has 5 nitrogen and oxygen atoms in total. The van der Waals surface area contributed by atoms with Crippen molar-refractivity contribution in [2.24, 2.45) is 5.92 Å². The number of hydrogen-bond donors (Lipinski definition) is 1. The van der Waals surface area contributed by atoms with Crippen LogP contribution in [0.1, 0.15) is 29.6 Å². The molecule has 1 saturated carbocycles. The molecule has 0 atom stereocenters. The van der Waals surface area contributed by atoms with Crippen LogP contribution in [-0.2, 0) is 9.53 Å². The average Bonchev–Trinajstić information content (AvgIpc) is 2.26. The van der Waals surface area contributed by atoms with Crippen LogP contribution >= 0.6 is 0 Å². The standard InChI is InChI=1S/C12H14N2O3/c1-17-12(16)9-5-6-10(13-7-9)14-11(15)8-3-2-4-8/h5-8H,2-4H2,1H3,(H,13,14,15). The molecule has 1 aromatic heterocycles. The highest BCUT2D eigenvalue weighted by Gasteiger charge is 2.25. The van der Waals surface area contributed by atoms with E-state index in [0.717, 1.165) is 19.3 Å². The van der Waals surface area contributed by atoms with Crippen molar-refractivity contribution in [3.05, 3.63) is 23.9 Å². The van der Waals surface area contributed by atoms with E-state index in [1.165, 1.54) is 13.3 Å². The Labute approximate surface area is 99.2 Å². The van der Waals surface area contributed by atoms with E-state index in [0.29, 0.717) is 11.4 Å². The Balaban J connectivity index is 1.97. The molecular weight excluding hydrogens is 220 g/mol. The van der Waals surface area contributed by atoms with Gasteiger partial charge in [0.05, 0.1) is 12.7 Å². The first-order chi connectivity index (χ1) is 8.20. The molecular formula is C12H14N2O3. The summed E-state index contributed by atoms with van der Waals surface area (Å²) >= 11 is 0. The molecule has 0 unspecified atom stereocenters. The zero-order valence-corrected chi connectivity index (χ0v) is 9.60. The first-order valence-electron chi connectivity index (χ1n) is 5.56. The van der Waals surface area contributed by atoms with Crippen LogP contribution in [0.5, 0.6) is 0 Å². The predicted molar refractivity (Wildman–Crippen MR) is 61.5 cm³/mol. The number of nitrogens with zero attached hydrogens (tertiary/aromatic N) is 1. The van der Waals surface area contributed by atoms with Gasteiger partial charge >= 0.3 is 5.97 Å². The molecule has 1 aliphatic carbocycles. The van der Waals surface area contributed by atoms with Crippen LogP contribution in [0, 0.1) is 5.92 Å². The number of carbonyl (C=O) groups excluding carboxylic acids is 2. The quantitative estimate of drug-likeness (QED) is 0.807. The summed E-state index contributed by atoms with van der Waals surface area (Å²) in [4.78, 5) is 26.8. The molecule has 1 heterocycles. The first kappa shape index (κ1) is 11.6. The summed E-state index contributed by atoms with van der Waals surface area (Å²) in [6.07, 6.45) is 4.41. The fourth-order valence-electron chi connectivity index (χ4n) is 1.61. The average molecular weight is 234 g/mol. The summed E-state index contributed by atoms with van der Waals surface area (Å²) < 4.78 is 4.56. The van der Waals surface area contributed by atoms with Crippen molar-refractivity contribution < 1.29 is 14.3 Å². The number of anilines is 1. The largest absolute Gasteiger partial charge is 0.465 e. The van der Waals surface area contributed by atoms with Gasteiger partial charge in [0.1, 0.15) is 5.82 Å². The van der Waals surface area contributed by atoms with Crippen LogP contribution < -0.4 is 5.32 Å². The van der Waals surface area contributed by atoms with E-state index < -0.39 is 5.97 Å². The minimum atomic E-state index is -0.436. The number of nitrogens with one attached hydrogen (secondary N) is 1. The van der Waals surface area contributed by atoms with Gasteiger partial charge in [0.2, 0.25) is 5.91 Å². The smallest absolute Gasteiger partial charge is 0.339 e. The monoisotopic (exact) mass is 234 g/mol. The van der Waals surface area contributed by atoms with Crippen LogP contribution in [-0.4, -0.2) is 24.0 Å². The van der Waals surface area contributed by atoms with Gasteiger partial charge in [-0.3, -0.25) is 4.79 Å². The molecule has 1 aliphatic rings. The topological polar surface area (TPSA) is 68.3 Å². The van der Waals surface area contributed by atoms with Crippen LogP contribution in [0.15, 0.2) is 18.3 Å². The van der Waals surface area contributed by atoms with Crippen LogP contribution in [0.2, 0.25) is 0 Å². The molecule has 5 heteroatoms. The lowest BCUT2D eigenvalue weighted by Gasteiger charge is -2.23. The van der Waals surface area contributed by atoms with Crippen molar-refractivity contribution in [2.45, 2.75) is 19.3 Å². The van der Waals surface area contributed by atoms with E-state index in [1.54, 1.807) is 12.1 Å². The third-order valence-electron chi connectivity index (χ3n) is 2.91. The Morgan fingerprint density at radius 1 is 1.41 bits per heavy atom. The molecule has 0 spiro atoms. The third-order valence-corrected chi connectivity index (χ3v) is 2.91. The summed E-state index contributed by atoms with van der Waals surface area (Å²) in [5.41, 5.74) is 0.370. The normalized spacial score (nSPS) is 14.9. The van der Waals surface area contributed by atoms with Gasteiger partial charge in [-0.15, -0.1) is 0 Å². The molecule has 1 fully saturated rings. The van der Waals surface area contributed by atoms with Crippen LogP contribution in [0.25, 0.3) is 0 Å². The van der Waals surface area contributed by atoms with Crippen molar-refractivity contribution in [3.63, 3.8) is 0 Å². The number of carbonyl (C=O) groups is 2. The van der Waals surface area contributed by atoms with Crippen molar-refractivity contribution in [1.82, 2.24) is 4.98 Å². The van der Waals surface area contributed by atoms with Crippen LogP contribution in [0.3, 0.4) is 0 Å². The van der Waals surface area contributed by atoms with Crippen molar-refractivity contribution >= 4 is 17.7 Å². The molecule has 90 valence electrons. The predicted octanol–water partition coefficient (Wildman–Crippen LogP) is 1.61. The van der Waals surface area contributed by atoms with Gasteiger partial charge in [0, 0.05) is 12.1 Å². The molecule has 0 saturated heterocycles. The van der Waals surface area contributed by atoms with Gasteiger partial charge < -0.3 is 10.1 Å². The molecule has 1 aromatic rings. The van der Waals surface area contributed by atoms with Crippen molar-refractivity contribution in [2.75, 3.05) is 12.4 Å². The summed E-state index contributed by atoms with van der Waals surface area (Å²) in [6.45, 7) is 0. The molecule has 17 heavy (non-hydrogen) atoms. The van der Waals surface area contributed by atoms with Gasteiger partial charge in [-0.25, -0.2) is 9.78 Å². The fourth-order valence-corrected chi connectivity index (χ4v) is 1.61. The zero-order valence-electron chi connectivity index (χ0n) is 9.60. The second-order valence-corrected chi connectivity index (χ2v) is 4.04. The number of aromatic nitrogens is 1. The second kappa shape index (κ2) is 4.95. The maximum Gasteiger partial charge on any atom is 0.339 e. The van der Waals surface area contributed by atoms with Crippen molar-refractivity contribution in [1.29, 1.82) is 0 Å². The van der Waals surface area contributed by atoms with E-state index in [4.69, 9.17) is 0 Å². The fraction of sp³-hybridized carbons (Fsp3) is 0.417. The maximum absolute atomic E-state index is 11.6. The van der Waals surface area contributed by atoms with E-state index in [-0.39, 0.29) is 11.8 Å². The number of pyridine rings is 1. The SMILES string of the molecule is COC(=O)c1ccc(NC(=O)C2CCC2)nc1. The van der Waals surface area contributed by atoms with Gasteiger partial charge in [0.15, 0.2) is 0 Å². The van der Waals surface area contributed by atoms with Gasteiger partial charge in [-0.1, -0.05) is 6.42 Å². The highest BCUT2D eigenvalue weighted by molar-refractivity contribution is 5.93. The molecule has 0 bridgehead atoms. The van der Waals surface area contributed by atoms with Crippen molar-refractivity contribution in [3.8, 4) is 0 Å². The Kier molecular flexibility index (Phi) is 3.37. The third kappa shape index (κ3) is 2.61. The second-order valence-electron chi connectivity index (χ2n) is 4.04. The molecule has 1 N–H and O–H groups in total. The Hall–Kier alpha value is -1.91. The number of rotatable bonds is 3. The van der Waals surface area contributed by atoms with E-state index in [9.17, 15) is 9.59 Å². The Bertz CT molecular complexity index is 424. The lowest BCUT2D eigenvalue weighted by molar-refractivity contribution is -0.122. The minimum Gasteiger partial charge on any atom is -0.465 e. The van der Waals surface area contributed by atoms with E-state index in [1.807, 2.05) is 0 Å². The maximum atomic E-state index is 11.6. The molecule has 2 rings (SSSR count). The number of hydrogen-bond acceptors (Lipinski definition) is 4. The van der Waals surface area contributed by atoms with E-state index >= 15 is 0 Å². The molecule has 0 aromatic carbocycles. The number of methoxy groups -OCH3 is 1. The Morgan fingerprint density at radius 3 is 2.65 bits per heavy atom. The number of esters is 1. The first-order valence-corrected chi connectivity index (χ1v) is 5.56. The summed E-state index contributed by atoms with van der Waals surface area (Å²) in [5, 5.41) is 2.73. The summed E-state index contributed by atoms with van der Waals surface area (Å²) in [5.74, 6) is 0.163. The summed E-state index contributed by atoms with van der Waals surface area (Å²) in [7, 11) is 1.31. The van der Waals surface area contributed by atoms with Crippen LogP contribution in [0.4, 0.5) is 5.82 Å².